The van der Waals surface area contributed by atoms with Crippen molar-refractivity contribution in [3.63, 3.8) is 0 Å². The van der Waals surface area contributed by atoms with Crippen molar-refractivity contribution >= 4 is 11.9 Å². The molecular formula is C14H17F2NO3. The summed E-state index contributed by atoms with van der Waals surface area (Å²) in [6, 6.07) is 2.23. The first-order valence-electron chi connectivity index (χ1n) is 6.31. The first-order valence-corrected chi connectivity index (χ1v) is 6.31. The second-order valence-corrected chi connectivity index (χ2v) is 4.65. The summed E-state index contributed by atoms with van der Waals surface area (Å²) in [4.78, 5) is 22.8. The molecule has 6 heteroatoms. The number of nitrogens with one attached hydrogen (secondary N) is 1. The number of aliphatic carboxylic acids is 1. The lowest BCUT2D eigenvalue weighted by molar-refractivity contribution is -0.143. The molecule has 2 atom stereocenters. The Morgan fingerprint density at radius 1 is 1.30 bits per heavy atom. The van der Waals surface area contributed by atoms with Gasteiger partial charge in [0, 0.05) is 5.56 Å². The van der Waals surface area contributed by atoms with E-state index in [4.69, 9.17) is 5.11 Å². The van der Waals surface area contributed by atoms with Gasteiger partial charge in [0.15, 0.2) is 0 Å². The molecule has 0 saturated heterocycles. The Hall–Kier alpha value is -1.98. The van der Waals surface area contributed by atoms with Crippen LogP contribution in [-0.4, -0.2) is 23.0 Å². The largest absolute Gasteiger partial charge is 0.480 e. The third-order valence-corrected chi connectivity index (χ3v) is 3.19. The maximum atomic E-state index is 13.4. The minimum atomic E-state index is -1.17. The van der Waals surface area contributed by atoms with Gasteiger partial charge in [-0.3, -0.25) is 4.79 Å². The average molecular weight is 285 g/mol. The van der Waals surface area contributed by atoms with E-state index in [-0.39, 0.29) is 11.5 Å². The monoisotopic (exact) mass is 285 g/mol. The van der Waals surface area contributed by atoms with E-state index in [0.717, 1.165) is 12.1 Å². The number of halogens is 2. The summed E-state index contributed by atoms with van der Waals surface area (Å²) in [5.41, 5.74) is -0.363. The fraction of sp³-hybridized carbons (Fsp3) is 0.429. The highest BCUT2D eigenvalue weighted by Crippen LogP contribution is 2.13. The summed E-state index contributed by atoms with van der Waals surface area (Å²) in [6.07, 6.45) is 0.0318. The van der Waals surface area contributed by atoms with Gasteiger partial charge < -0.3 is 10.4 Å². The van der Waals surface area contributed by atoms with Gasteiger partial charge in [-0.25, -0.2) is 13.6 Å². The maximum Gasteiger partial charge on any atom is 0.326 e. The molecule has 0 spiro atoms. The summed E-state index contributed by atoms with van der Waals surface area (Å²) in [5.74, 6) is -3.81. The van der Waals surface area contributed by atoms with Gasteiger partial charge in [0.1, 0.15) is 17.7 Å². The van der Waals surface area contributed by atoms with Crippen molar-refractivity contribution in [2.45, 2.75) is 32.7 Å². The normalized spacial score (nSPS) is 13.6. The van der Waals surface area contributed by atoms with E-state index in [9.17, 15) is 18.4 Å². The summed E-state index contributed by atoms with van der Waals surface area (Å²) < 4.78 is 26.8. The van der Waals surface area contributed by atoms with Crippen LogP contribution in [-0.2, 0) is 16.0 Å². The first kappa shape index (κ1) is 16.1. The zero-order chi connectivity index (χ0) is 15.3. The van der Waals surface area contributed by atoms with Gasteiger partial charge in [0.25, 0.3) is 0 Å². The van der Waals surface area contributed by atoms with Crippen LogP contribution in [0.15, 0.2) is 18.2 Å². The van der Waals surface area contributed by atoms with E-state index in [1.807, 2.05) is 0 Å². The molecule has 1 rings (SSSR count). The van der Waals surface area contributed by atoms with Gasteiger partial charge in [-0.15, -0.1) is 0 Å². The number of carboxylic acid groups (broad SMARTS) is 1. The molecule has 0 aromatic heterocycles. The number of amides is 1. The van der Waals surface area contributed by atoms with Crippen LogP contribution in [0.2, 0.25) is 0 Å². The van der Waals surface area contributed by atoms with Gasteiger partial charge in [-0.1, -0.05) is 26.3 Å². The van der Waals surface area contributed by atoms with Crippen LogP contribution in [0.3, 0.4) is 0 Å². The predicted molar refractivity (Wildman–Crippen MR) is 69.1 cm³/mol. The molecule has 1 aromatic rings. The Morgan fingerprint density at radius 2 is 1.85 bits per heavy atom. The predicted octanol–water partition coefficient (Wildman–Crippen LogP) is 2.12. The number of hydrogen-bond acceptors (Lipinski definition) is 2. The zero-order valence-electron chi connectivity index (χ0n) is 11.3. The van der Waals surface area contributed by atoms with E-state index in [0.29, 0.717) is 6.42 Å². The Morgan fingerprint density at radius 3 is 2.30 bits per heavy atom. The zero-order valence-corrected chi connectivity index (χ0v) is 11.3. The molecule has 1 aromatic carbocycles. The third-order valence-electron chi connectivity index (χ3n) is 3.19. The van der Waals surface area contributed by atoms with E-state index >= 15 is 0 Å². The minimum absolute atomic E-state index is 0.276. The molecule has 110 valence electrons. The molecule has 0 heterocycles. The fourth-order valence-corrected chi connectivity index (χ4v) is 1.77. The Kier molecular flexibility index (Phi) is 5.61. The summed E-state index contributed by atoms with van der Waals surface area (Å²) >= 11 is 0. The van der Waals surface area contributed by atoms with Crippen molar-refractivity contribution in [1.29, 1.82) is 0 Å². The van der Waals surface area contributed by atoms with Crippen molar-refractivity contribution < 1.29 is 23.5 Å². The van der Waals surface area contributed by atoms with Crippen molar-refractivity contribution in [2.24, 2.45) is 5.92 Å². The van der Waals surface area contributed by atoms with Crippen LogP contribution in [0, 0.1) is 17.6 Å². The summed E-state index contributed by atoms with van der Waals surface area (Å²) in [6.45, 7) is 3.48. The van der Waals surface area contributed by atoms with Crippen molar-refractivity contribution in [3.8, 4) is 0 Å². The molecule has 1 amide bonds. The Bertz CT molecular complexity index is 485. The van der Waals surface area contributed by atoms with Crippen LogP contribution >= 0.6 is 0 Å². The lowest BCUT2D eigenvalue weighted by atomic mass is 9.99. The summed E-state index contributed by atoms with van der Waals surface area (Å²) in [5, 5.41) is 11.3. The Labute approximate surface area is 115 Å². The van der Waals surface area contributed by atoms with Crippen molar-refractivity contribution in [2.75, 3.05) is 0 Å². The van der Waals surface area contributed by atoms with E-state index in [2.05, 4.69) is 5.32 Å². The number of benzene rings is 1. The molecule has 0 aliphatic carbocycles. The van der Waals surface area contributed by atoms with Gasteiger partial charge in [0.2, 0.25) is 5.91 Å². The van der Waals surface area contributed by atoms with Gasteiger partial charge in [0.05, 0.1) is 6.42 Å². The average Bonchev–Trinajstić information content (AvgIpc) is 2.39. The highest BCUT2D eigenvalue weighted by Gasteiger charge is 2.26. The van der Waals surface area contributed by atoms with Crippen LogP contribution in [0.25, 0.3) is 0 Å². The molecule has 2 N–H and O–H groups in total. The standard InChI is InChI=1S/C14H17F2NO3/c1-3-8(2)13(14(19)20)17-12(18)7-9-10(15)5-4-6-11(9)16/h4-6,8,13H,3,7H2,1-2H3,(H,17,18)(H,19,20)/t8-,13+/m0/s1. The smallest absolute Gasteiger partial charge is 0.326 e. The van der Waals surface area contributed by atoms with E-state index < -0.39 is 36.0 Å². The number of carbonyl (C=O) groups excluding carboxylic acids is 1. The molecule has 0 aliphatic heterocycles. The SMILES string of the molecule is CC[C@H](C)[C@@H](NC(=O)Cc1c(F)cccc1F)C(=O)O. The quantitative estimate of drug-likeness (QED) is 0.841. The van der Waals surface area contributed by atoms with Crippen LogP contribution in [0.4, 0.5) is 8.78 Å². The minimum Gasteiger partial charge on any atom is -0.480 e. The highest BCUT2D eigenvalue weighted by atomic mass is 19.1. The van der Waals surface area contributed by atoms with Crippen LogP contribution in [0.5, 0.6) is 0 Å². The molecule has 0 radical (unpaired) electrons. The second-order valence-electron chi connectivity index (χ2n) is 4.65. The topological polar surface area (TPSA) is 66.4 Å². The molecule has 0 saturated carbocycles. The number of carbonyl (C=O) groups is 2. The maximum absolute atomic E-state index is 13.4. The van der Waals surface area contributed by atoms with Gasteiger partial charge >= 0.3 is 5.97 Å². The number of hydrogen-bond donors (Lipinski definition) is 2. The third kappa shape index (κ3) is 4.01. The van der Waals surface area contributed by atoms with Gasteiger partial charge in [-0.05, 0) is 18.1 Å². The van der Waals surface area contributed by atoms with E-state index in [1.165, 1.54) is 6.07 Å². The van der Waals surface area contributed by atoms with Crippen molar-refractivity contribution in [1.82, 2.24) is 5.32 Å². The molecule has 20 heavy (non-hydrogen) atoms. The van der Waals surface area contributed by atoms with E-state index in [1.54, 1.807) is 13.8 Å². The molecule has 0 fully saturated rings. The molecule has 0 aliphatic rings. The molecular weight excluding hydrogens is 268 g/mol. The lowest BCUT2D eigenvalue weighted by Crippen LogP contribution is -2.45. The molecule has 4 nitrogen and oxygen atoms in total. The number of carboxylic acids is 1. The molecule has 0 unspecified atom stereocenters. The lowest BCUT2D eigenvalue weighted by Gasteiger charge is -2.20. The highest BCUT2D eigenvalue weighted by molar-refractivity contribution is 5.85. The number of rotatable bonds is 6. The fourth-order valence-electron chi connectivity index (χ4n) is 1.77. The first-order chi connectivity index (χ1) is 9.36. The summed E-state index contributed by atoms with van der Waals surface area (Å²) in [7, 11) is 0. The van der Waals surface area contributed by atoms with Gasteiger partial charge in [-0.2, -0.15) is 0 Å². The Balaban J connectivity index is 2.79. The van der Waals surface area contributed by atoms with Crippen LogP contribution in [0.1, 0.15) is 25.8 Å². The second kappa shape index (κ2) is 6.98. The molecule has 0 bridgehead atoms. The van der Waals surface area contributed by atoms with Crippen LogP contribution < -0.4 is 5.32 Å². The van der Waals surface area contributed by atoms with Crippen molar-refractivity contribution in [3.05, 3.63) is 35.4 Å².